The summed E-state index contributed by atoms with van der Waals surface area (Å²) in [5.41, 5.74) is 2.06. The Balaban J connectivity index is 1.55. The van der Waals surface area contributed by atoms with E-state index < -0.39 is 0 Å². The maximum absolute atomic E-state index is 12.2. The number of rotatable bonds is 6. The molecule has 1 amide bonds. The third kappa shape index (κ3) is 4.83. The molecule has 132 valence electrons. The Morgan fingerprint density at radius 1 is 1.00 bits per heavy atom. The molecule has 0 radical (unpaired) electrons. The first-order chi connectivity index (χ1) is 12.3. The topological polar surface area (TPSA) is 58.6 Å². The minimum atomic E-state index is -0.0877. The Kier molecular flexibility index (Phi) is 6.07. The Morgan fingerprint density at radius 2 is 1.68 bits per heavy atom. The molecule has 1 fully saturated rings. The van der Waals surface area contributed by atoms with Crippen LogP contribution in [0.4, 0.5) is 0 Å². The predicted octanol–water partition coefficient (Wildman–Crippen LogP) is 3.40. The van der Waals surface area contributed by atoms with Gasteiger partial charge in [-0.05, 0) is 43.2 Å². The van der Waals surface area contributed by atoms with Crippen LogP contribution in [0, 0.1) is 5.92 Å². The minimum absolute atomic E-state index is 0.0176. The molecule has 4 nitrogen and oxygen atoms in total. The van der Waals surface area contributed by atoms with Gasteiger partial charge >= 0.3 is 0 Å². The predicted molar refractivity (Wildman–Crippen MR) is 98.3 cm³/mol. The molecule has 0 atom stereocenters. The molecule has 0 saturated heterocycles. The van der Waals surface area contributed by atoms with Gasteiger partial charge in [-0.3, -0.25) is 4.79 Å². The molecule has 4 heteroatoms. The van der Waals surface area contributed by atoms with Crippen LogP contribution in [0.15, 0.2) is 54.6 Å². The maximum Gasteiger partial charge on any atom is 0.258 e. The van der Waals surface area contributed by atoms with Crippen LogP contribution in [-0.2, 0) is 4.79 Å². The molecule has 0 aliphatic heterocycles. The van der Waals surface area contributed by atoms with Crippen molar-refractivity contribution in [2.45, 2.75) is 31.7 Å². The summed E-state index contributed by atoms with van der Waals surface area (Å²) in [6.07, 6.45) is 3.80. The minimum Gasteiger partial charge on any atom is -0.483 e. The van der Waals surface area contributed by atoms with E-state index in [4.69, 9.17) is 4.74 Å². The lowest BCUT2D eigenvalue weighted by Crippen LogP contribution is -2.40. The van der Waals surface area contributed by atoms with Crippen molar-refractivity contribution in [1.82, 2.24) is 5.32 Å². The number of para-hydroxylation sites is 1. The monoisotopic (exact) mass is 339 g/mol. The third-order valence-electron chi connectivity index (χ3n) is 4.80. The van der Waals surface area contributed by atoms with Gasteiger partial charge in [-0.2, -0.15) is 0 Å². The molecule has 25 heavy (non-hydrogen) atoms. The van der Waals surface area contributed by atoms with Crippen LogP contribution in [0.3, 0.4) is 0 Å². The van der Waals surface area contributed by atoms with E-state index >= 15 is 0 Å². The highest BCUT2D eigenvalue weighted by atomic mass is 16.5. The Morgan fingerprint density at radius 3 is 2.40 bits per heavy atom. The van der Waals surface area contributed by atoms with E-state index in [1.54, 1.807) is 0 Å². The zero-order valence-corrected chi connectivity index (χ0v) is 14.4. The van der Waals surface area contributed by atoms with E-state index in [1.807, 2.05) is 54.6 Å². The van der Waals surface area contributed by atoms with Crippen molar-refractivity contribution in [2.24, 2.45) is 5.92 Å². The summed E-state index contributed by atoms with van der Waals surface area (Å²) in [7, 11) is 0. The first-order valence-electron chi connectivity index (χ1n) is 8.93. The number of hydrogen-bond donors (Lipinski definition) is 2. The SMILES string of the molecule is O=C(COc1ccccc1-c1ccccc1)NC1CCC(CO)CC1. The number of aliphatic hydroxyl groups excluding tert-OH is 1. The van der Waals surface area contributed by atoms with Crippen molar-refractivity contribution >= 4 is 5.91 Å². The summed E-state index contributed by atoms with van der Waals surface area (Å²) in [5, 5.41) is 12.2. The fourth-order valence-electron chi connectivity index (χ4n) is 3.35. The highest BCUT2D eigenvalue weighted by Gasteiger charge is 2.22. The first kappa shape index (κ1) is 17.5. The normalized spacial score (nSPS) is 20.0. The highest BCUT2D eigenvalue weighted by molar-refractivity contribution is 5.78. The van der Waals surface area contributed by atoms with Crippen molar-refractivity contribution < 1.29 is 14.6 Å². The zero-order valence-electron chi connectivity index (χ0n) is 14.4. The molecule has 1 aliphatic rings. The Labute approximate surface area is 148 Å². The van der Waals surface area contributed by atoms with Gasteiger partial charge in [0.25, 0.3) is 5.91 Å². The van der Waals surface area contributed by atoms with E-state index in [-0.39, 0.29) is 25.2 Å². The van der Waals surface area contributed by atoms with Crippen LogP contribution in [0.25, 0.3) is 11.1 Å². The van der Waals surface area contributed by atoms with E-state index in [0.717, 1.165) is 36.8 Å². The molecule has 1 saturated carbocycles. The van der Waals surface area contributed by atoms with Crippen LogP contribution in [0.5, 0.6) is 5.75 Å². The van der Waals surface area contributed by atoms with Gasteiger partial charge in [0.2, 0.25) is 0 Å². The summed E-state index contributed by atoms with van der Waals surface area (Å²) in [5.74, 6) is 1.02. The van der Waals surface area contributed by atoms with Crippen molar-refractivity contribution in [2.75, 3.05) is 13.2 Å². The Hall–Kier alpha value is -2.33. The summed E-state index contributed by atoms with van der Waals surface area (Å²) in [4.78, 5) is 12.2. The molecule has 2 aromatic rings. The average Bonchev–Trinajstić information content (AvgIpc) is 2.68. The lowest BCUT2D eigenvalue weighted by molar-refractivity contribution is -0.124. The number of hydrogen-bond acceptors (Lipinski definition) is 3. The van der Waals surface area contributed by atoms with Gasteiger partial charge in [0, 0.05) is 18.2 Å². The van der Waals surface area contributed by atoms with E-state index in [1.165, 1.54) is 0 Å². The number of carbonyl (C=O) groups is 1. The smallest absolute Gasteiger partial charge is 0.258 e. The number of carbonyl (C=O) groups excluding carboxylic acids is 1. The molecule has 1 aliphatic carbocycles. The van der Waals surface area contributed by atoms with Gasteiger partial charge in [0.05, 0.1) is 0 Å². The van der Waals surface area contributed by atoms with Gasteiger partial charge in [0.1, 0.15) is 5.75 Å². The fraction of sp³-hybridized carbons (Fsp3) is 0.381. The molecule has 2 N–H and O–H groups in total. The molecule has 0 spiro atoms. The number of benzene rings is 2. The summed E-state index contributed by atoms with van der Waals surface area (Å²) in [6.45, 7) is 0.268. The van der Waals surface area contributed by atoms with Gasteiger partial charge < -0.3 is 15.2 Å². The molecule has 0 unspecified atom stereocenters. The maximum atomic E-state index is 12.2. The van der Waals surface area contributed by atoms with Gasteiger partial charge in [-0.1, -0.05) is 48.5 Å². The molecule has 2 aromatic carbocycles. The lowest BCUT2D eigenvalue weighted by atomic mass is 9.86. The van der Waals surface area contributed by atoms with Crippen molar-refractivity contribution in [3.63, 3.8) is 0 Å². The zero-order chi connectivity index (χ0) is 17.5. The number of nitrogens with one attached hydrogen (secondary N) is 1. The van der Waals surface area contributed by atoms with Gasteiger partial charge in [-0.25, -0.2) is 0 Å². The third-order valence-corrected chi connectivity index (χ3v) is 4.80. The van der Waals surface area contributed by atoms with Crippen LogP contribution in [0.1, 0.15) is 25.7 Å². The van der Waals surface area contributed by atoms with Crippen molar-refractivity contribution in [3.8, 4) is 16.9 Å². The summed E-state index contributed by atoms with van der Waals surface area (Å²) in [6, 6.07) is 18.0. The number of amides is 1. The average molecular weight is 339 g/mol. The quantitative estimate of drug-likeness (QED) is 0.848. The first-order valence-corrected chi connectivity index (χ1v) is 8.93. The molecular formula is C21H25NO3. The van der Waals surface area contributed by atoms with Crippen molar-refractivity contribution in [3.05, 3.63) is 54.6 Å². The second-order valence-corrected chi connectivity index (χ2v) is 6.62. The Bertz CT molecular complexity index is 679. The van der Waals surface area contributed by atoms with Crippen LogP contribution in [0.2, 0.25) is 0 Å². The molecule has 0 heterocycles. The molecular weight excluding hydrogens is 314 g/mol. The second kappa shape index (κ2) is 8.67. The standard InChI is InChI=1S/C21H25NO3/c23-14-16-10-12-18(13-11-16)22-21(24)15-25-20-9-5-4-8-19(20)17-6-2-1-3-7-17/h1-9,16,18,23H,10-15H2,(H,22,24). The highest BCUT2D eigenvalue weighted by Crippen LogP contribution is 2.29. The lowest BCUT2D eigenvalue weighted by Gasteiger charge is -2.27. The van der Waals surface area contributed by atoms with E-state index in [0.29, 0.717) is 11.7 Å². The molecule has 3 rings (SSSR count). The second-order valence-electron chi connectivity index (χ2n) is 6.62. The summed E-state index contributed by atoms with van der Waals surface area (Å²) < 4.78 is 5.79. The molecule has 0 bridgehead atoms. The van der Waals surface area contributed by atoms with Gasteiger partial charge in [-0.15, -0.1) is 0 Å². The van der Waals surface area contributed by atoms with Gasteiger partial charge in [0.15, 0.2) is 6.61 Å². The van der Waals surface area contributed by atoms with E-state index in [9.17, 15) is 9.90 Å². The van der Waals surface area contributed by atoms with Crippen LogP contribution >= 0.6 is 0 Å². The number of aliphatic hydroxyl groups is 1. The van der Waals surface area contributed by atoms with Crippen molar-refractivity contribution in [1.29, 1.82) is 0 Å². The van der Waals surface area contributed by atoms with Crippen LogP contribution < -0.4 is 10.1 Å². The largest absolute Gasteiger partial charge is 0.483 e. The van der Waals surface area contributed by atoms with E-state index in [2.05, 4.69) is 5.32 Å². The summed E-state index contributed by atoms with van der Waals surface area (Å²) >= 11 is 0. The fourth-order valence-corrected chi connectivity index (χ4v) is 3.35. The molecule has 0 aromatic heterocycles. The van der Waals surface area contributed by atoms with Crippen LogP contribution in [-0.4, -0.2) is 30.3 Å². The number of ether oxygens (including phenoxy) is 1.